The minimum Gasteiger partial charge on any atom is -0.494 e. The quantitative estimate of drug-likeness (QED) is 0.360. The number of rotatable bonds is 10. The number of aromatic nitrogens is 1. The standard InChI is InChI=1S/C22H23N3O6S/c1-4-31-16-7-5-14(6-8-16)22-24-17(13-32-22)21(26)23-10-9-15-11-19(29-2)20(30-3)12-18(15)25(27)28/h5-8,11-13H,4,9-10H2,1-3H3,(H,23,26). The van der Waals surface area contributed by atoms with E-state index in [0.29, 0.717) is 28.6 Å². The van der Waals surface area contributed by atoms with Crippen LogP contribution in [0.4, 0.5) is 5.69 Å². The Bertz CT molecular complexity index is 1100. The molecular weight excluding hydrogens is 434 g/mol. The second kappa shape index (κ2) is 10.6. The Labute approximate surface area is 189 Å². The Morgan fingerprint density at radius 3 is 2.47 bits per heavy atom. The first kappa shape index (κ1) is 23.0. The van der Waals surface area contributed by atoms with E-state index in [1.807, 2.05) is 31.2 Å². The predicted octanol–water partition coefficient (Wildman–Crippen LogP) is 4.11. The molecule has 168 valence electrons. The summed E-state index contributed by atoms with van der Waals surface area (Å²) in [5, 5.41) is 16.6. The van der Waals surface area contributed by atoms with E-state index in [1.165, 1.54) is 31.6 Å². The van der Waals surface area contributed by atoms with E-state index in [1.54, 1.807) is 11.4 Å². The van der Waals surface area contributed by atoms with Crippen LogP contribution in [-0.4, -0.2) is 43.2 Å². The third-order valence-electron chi connectivity index (χ3n) is 4.61. The van der Waals surface area contributed by atoms with Crippen molar-refractivity contribution in [3.05, 3.63) is 63.1 Å². The van der Waals surface area contributed by atoms with Gasteiger partial charge >= 0.3 is 0 Å². The largest absolute Gasteiger partial charge is 0.494 e. The van der Waals surface area contributed by atoms with Crippen molar-refractivity contribution < 1.29 is 23.9 Å². The highest BCUT2D eigenvalue weighted by atomic mass is 32.1. The summed E-state index contributed by atoms with van der Waals surface area (Å²) in [5.41, 5.74) is 1.52. The molecule has 1 amide bonds. The zero-order valence-electron chi connectivity index (χ0n) is 17.9. The van der Waals surface area contributed by atoms with Crippen LogP contribution in [0.3, 0.4) is 0 Å². The summed E-state index contributed by atoms with van der Waals surface area (Å²) in [4.78, 5) is 27.8. The van der Waals surface area contributed by atoms with E-state index in [2.05, 4.69) is 10.3 Å². The molecule has 0 spiro atoms. The molecule has 0 saturated carbocycles. The molecule has 9 nitrogen and oxygen atoms in total. The minimum absolute atomic E-state index is 0.0941. The van der Waals surface area contributed by atoms with E-state index >= 15 is 0 Å². The maximum absolute atomic E-state index is 12.5. The van der Waals surface area contributed by atoms with Crippen LogP contribution < -0.4 is 19.5 Å². The van der Waals surface area contributed by atoms with E-state index in [4.69, 9.17) is 14.2 Å². The molecule has 0 radical (unpaired) electrons. The number of hydrogen-bond acceptors (Lipinski definition) is 8. The topological polar surface area (TPSA) is 113 Å². The lowest BCUT2D eigenvalue weighted by atomic mass is 10.1. The van der Waals surface area contributed by atoms with Gasteiger partial charge in [0.25, 0.3) is 11.6 Å². The molecule has 0 saturated heterocycles. The molecule has 0 fully saturated rings. The second-order valence-corrected chi connectivity index (χ2v) is 7.45. The highest BCUT2D eigenvalue weighted by Crippen LogP contribution is 2.34. The fourth-order valence-corrected chi connectivity index (χ4v) is 3.86. The minimum atomic E-state index is -0.483. The Hall–Kier alpha value is -3.66. The molecule has 0 atom stereocenters. The van der Waals surface area contributed by atoms with Gasteiger partial charge in [0.15, 0.2) is 11.5 Å². The van der Waals surface area contributed by atoms with Crippen LogP contribution in [0.5, 0.6) is 17.2 Å². The predicted molar refractivity (Wildman–Crippen MR) is 121 cm³/mol. The van der Waals surface area contributed by atoms with Crippen LogP contribution in [0.2, 0.25) is 0 Å². The van der Waals surface area contributed by atoms with Crippen LogP contribution >= 0.6 is 11.3 Å². The van der Waals surface area contributed by atoms with Gasteiger partial charge in [0.05, 0.1) is 31.8 Å². The van der Waals surface area contributed by atoms with Crippen molar-refractivity contribution in [2.45, 2.75) is 13.3 Å². The van der Waals surface area contributed by atoms with Crippen molar-refractivity contribution in [2.24, 2.45) is 0 Å². The number of carbonyl (C=O) groups excluding carboxylic acids is 1. The highest BCUT2D eigenvalue weighted by Gasteiger charge is 2.20. The first-order valence-corrected chi connectivity index (χ1v) is 10.7. The lowest BCUT2D eigenvalue weighted by Gasteiger charge is -2.11. The number of thiazole rings is 1. The molecule has 3 aromatic rings. The van der Waals surface area contributed by atoms with E-state index < -0.39 is 4.92 Å². The summed E-state index contributed by atoms with van der Waals surface area (Å²) >= 11 is 1.36. The van der Waals surface area contributed by atoms with Gasteiger partial charge in [0.1, 0.15) is 16.5 Å². The smallest absolute Gasteiger partial charge is 0.276 e. The Morgan fingerprint density at radius 1 is 1.16 bits per heavy atom. The molecule has 0 aliphatic rings. The maximum Gasteiger partial charge on any atom is 0.276 e. The number of nitrogens with one attached hydrogen (secondary N) is 1. The summed E-state index contributed by atoms with van der Waals surface area (Å²) < 4.78 is 15.8. The SMILES string of the molecule is CCOc1ccc(-c2nc(C(=O)NCCc3cc(OC)c(OC)cc3[N+](=O)[O-])cs2)cc1. The number of benzene rings is 2. The van der Waals surface area contributed by atoms with Crippen LogP contribution in [0.15, 0.2) is 41.8 Å². The van der Waals surface area contributed by atoms with Crippen molar-refractivity contribution in [3.63, 3.8) is 0 Å². The van der Waals surface area contributed by atoms with Gasteiger partial charge < -0.3 is 19.5 Å². The monoisotopic (exact) mass is 457 g/mol. The van der Waals surface area contributed by atoms with Gasteiger partial charge in [-0.05, 0) is 43.7 Å². The number of hydrogen-bond donors (Lipinski definition) is 1. The molecule has 0 aliphatic carbocycles. The normalized spacial score (nSPS) is 10.5. The third kappa shape index (κ3) is 5.33. The van der Waals surface area contributed by atoms with Crippen molar-refractivity contribution in [2.75, 3.05) is 27.4 Å². The number of methoxy groups -OCH3 is 2. The first-order chi connectivity index (χ1) is 15.5. The van der Waals surface area contributed by atoms with Gasteiger partial charge in [0, 0.05) is 23.1 Å². The molecule has 2 aromatic carbocycles. The van der Waals surface area contributed by atoms with Crippen molar-refractivity contribution in [3.8, 4) is 27.8 Å². The Morgan fingerprint density at radius 2 is 1.84 bits per heavy atom. The molecular formula is C22H23N3O6S. The zero-order valence-corrected chi connectivity index (χ0v) is 18.7. The highest BCUT2D eigenvalue weighted by molar-refractivity contribution is 7.13. The van der Waals surface area contributed by atoms with Crippen molar-refractivity contribution in [1.82, 2.24) is 10.3 Å². The summed E-state index contributed by atoms with van der Waals surface area (Å²) in [7, 11) is 2.87. The average Bonchev–Trinajstić information content (AvgIpc) is 3.29. The fourth-order valence-electron chi connectivity index (χ4n) is 3.05. The molecule has 1 aromatic heterocycles. The van der Waals surface area contributed by atoms with Gasteiger partial charge in [-0.2, -0.15) is 0 Å². The number of ether oxygens (including phenoxy) is 3. The lowest BCUT2D eigenvalue weighted by Crippen LogP contribution is -2.26. The third-order valence-corrected chi connectivity index (χ3v) is 5.50. The number of nitro benzene ring substituents is 1. The van der Waals surface area contributed by atoms with Crippen LogP contribution in [-0.2, 0) is 6.42 Å². The summed E-state index contributed by atoms with van der Waals surface area (Å²) in [6, 6.07) is 10.4. The van der Waals surface area contributed by atoms with Gasteiger partial charge in [-0.3, -0.25) is 14.9 Å². The number of carbonyl (C=O) groups is 1. The number of amides is 1. The molecule has 32 heavy (non-hydrogen) atoms. The average molecular weight is 458 g/mol. The van der Waals surface area contributed by atoms with E-state index in [-0.39, 0.29) is 30.3 Å². The van der Waals surface area contributed by atoms with Crippen LogP contribution in [0.25, 0.3) is 10.6 Å². The van der Waals surface area contributed by atoms with E-state index in [0.717, 1.165) is 11.3 Å². The molecule has 3 rings (SSSR count). The van der Waals surface area contributed by atoms with Crippen LogP contribution in [0.1, 0.15) is 23.0 Å². The molecule has 0 unspecified atom stereocenters. The van der Waals surface area contributed by atoms with Crippen LogP contribution in [0, 0.1) is 10.1 Å². The summed E-state index contributed by atoms with van der Waals surface area (Å²) in [5.74, 6) is 1.09. The second-order valence-electron chi connectivity index (χ2n) is 6.59. The van der Waals surface area contributed by atoms with Gasteiger partial charge in [-0.15, -0.1) is 11.3 Å². The lowest BCUT2D eigenvalue weighted by molar-refractivity contribution is -0.385. The Balaban J connectivity index is 1.65. The zero-order chi connectivity index (χ0) is 23.1. The van der Waals surface area contributed by atoms with Gasteiger partial charge in [-0.1, -0.05) is 0 Å². The van der Waals surface area contributed by atoms with Gasteiger partial charge in [-0.25, -0.2) is 4.98 Å². The summed E-state index contributed by atoms with van der Waals surface area (Å²) in [6.45, 7) is 2.71. The number of nitrogens with zero attached hydrogens (tertiary/aromatic N) is 2. The maximum atomic E-state index is 12.5. The molecule has 10 heteroatoms. The van der Waals surface area contributed by atoms with Crippen molar-refractivity contribution >= 4 is 22.9 Å². The summed E-state index contributed by atoms with van der Waals surface area (Å²) in [6.07, 6.45) is 0.248. The number of nitro groups is 1. The molecule has 0 aliphatic heterocycles. The fraction of sp³-hybridized carbons (Fsp3) is 0.273. The molecule has 1 N–H and O–H groups in total. The molecule has 1 heterocycles. The van der Waals surface area contributed by atoms with Crippen molar-refractivity contribution in [1.29, 1.82) is 0 Å². The first-order valence-electron chi connectivity index (χ1n) is 9.83. The Kier molecular flexibility index (Phi) is 7.61. The molecule has 0 bridgehead atoms. The van der Waals surface area contributed by atoms with Gasteiger partial charge in [0.2, 0.25) is 0 Å². The van der Waals surface area contributed by atoms with E-state index in [9.17, 15) is 14.9 Å².